The molecule has 0 saturated heterocycles. The fourth-order valence-electron chi connectivity index (χ4n) is 4.39. The Morgan fingerprint density at radius 3 is 2.71 bits per heavy atom. The van der Waals surface area contributed by atoms with Gasteiger partial charge in [-0.15, -0.1) is 0 Å². The summed E-state index contributed by atoms with van der Waals surface area (Å²) in [6.07, 6.45) is 6.39. The quantitative estimate of drug-likeness (QED) is 0.479. The van der Waals surface area contributed by atoms with Crippen molar-refractivity contribution in [2.75, 3.05) is 0 Å². The molecule has 0 N–H and O–H groups in total. The molecule has 94 valence electrons. The van der Waals surface area contributed by atoms with E-state index in [1.165, 1.54) is 37.7 Å². The van der Waals surface area contributed by atoms with Gasteiger partial charge in [0, 0.05) is 11.8 Å². The van der Waals surface area contributed by atoms with E-state index in [9.17, 15) is 0 Å². The fraction of sp³-hybridized carbons (Fsp3) is 0.812. The summed E-state index contributed by atoms with van der Waals surface area (Å²) in [7, 11) is 0. The molecular weight excluding hydrogens is 206 g/mol. The number of rotatable bonds is 2. The van der Waals surface area contributed by atoms with Gasteiger partial charge in [-0.3, -0.25) is 0 Å². The molecule has 2 fully saturated rings. The Labute approximate surface area is 106 Å². The van der Waals surface area contributed by atoms with Gasteiger partial charge >= 0.3 is 0 Å². The van der Waals surface area contributed by atoms with Crippen molar-refractivity contribution in [1.82, 2.24) is 0 Å². The van der Waals surface area contributed by atoms with Gasteiger partial charge < -0.3 is 4.85 Å². The minimum atomic E-state index is 0.205. The number of allylic oxidation sites excluding steroid dienone is 1. The Bertz CT molecular complexity index is 349. The second-order valence-corrected chi connectivity index (χ2v) is 6.71. The van der Waals surface area contributed by atoms with Gasteiger partial charge in [0.25, 0.3) is 0 Å². The largest absolute Gasteiger partial charge is 0.313 e. The van der Waals surface area contributed by atoms with Gasteiger partial charge in [0.1, 0.15) is 0 Å². The molecule has 2 aliphatic rings. The Balaban J connectivity index is 2.26. The topological polar surface area (TPSA) is 4.36 Å². The average Bonchev–Trinajstić information content (AvgIpc) is 2.58. The van der Waals surface area contributed by atoms with Crippen molar-refractivity contribution in [2.45, 2.75) is 58.9 Å². The molecule has 4 atom stereocenters. The third-order valence-electron chi connectivity index (χ3n) is 5.18. The van der Waals surface area contributed by atoms with Crippen LogP contribution in [0.2, 0.25) is 0 Å². The van der Waals surface area contributed by atoms with E-state index >= 15 is 0 Å². The van der Waals surface area contributed by atoms with Crippen LogP contribution in [0.5, 0.6) is 0 Å². The first-order chi connectivity index (χ1) is 7.99. The van der Waals surface area contributed by atoms with Gasteiger partial charge in [-0.05, 0) is 43.4 Å². The highest BCUT2D eigenvalue weighted by Gasteiger charge is 2.52. The molecule has 0 heterocycles. The number of nitrogens with zero attached hydrogens (tertiary/aromatic N) is 1. The molecule has 2 aliphatic carbocycles. The third kappa shape index (κ3) is 2.03. The van der Waals surface area contributed by atoms with Gasteiger partial charge in [-0.2, -0.15) is 0 Å². The average molecular weight is 231 g/mol. The predicted molar refractivity (Wildman–Crippen MR) is 72.5 cm³/mol. The molecule has 17 heavy (non-hydrogen) atoms. The summed E-state index contributed by atoms with van der Waals surface area (Å²) < 4.78 is 0. The second-order valence-electron chi connectivity index (χ2n) is 6.71. The maximum atomic E-state index is 7.49. The monoisotopic (exact) mass is 231 g/mol. The minimum absolute atomic E-state index is 0.205. The first-order valence-corrected chi connectivity index (χ1v) is 7.04. The molecule has 2 saturated carbocycles. The van der Waals surface area contributed by atoms with E-state index in [1.54, 1.807) is 0 Å². The highest BCUT2D eigenvalue weighted by atomic mass is 14.8. The van der Waals surface area contributed by atoms with Crippen LogP contribution >= 0.6 is 0 Å². The van der Waals surface area contributed by atoms with Crippen LogP contribution in [0.25, 0.3) is 4.85 Å². The highest BCUT2D eigenvalue weighted by molar-refractivity contribution is 5.18. The smallest absolute Gasteiger partial charge is 0.229 e. The van der Waals surface area contributed by atoms with Crippen molar-refractivity contribution in [3.8, 4) is 0 Å². The summed E-state index contributed by atoms with van der Waals surface area (Å²) >= 11 is 0. The van der Waals surface area contributed by atoms with Crippen LogP contribution in [0.1, 0.15) is 52.9 Å². The summed E-state index contributed by atoms with van der Waals surface area (Å²) in [5.41, 5.74) is 1.90. The zero-order chi connectivity index (χ0) is 12.6. The van der Waals surface area contributed by atoms with Crippen LogP contribution in [0.15, 0.2) is 12.2 Å². The van der Waals surface area contributed by atoms with Gasteiger partial charge in [-0.1, -0.05) is 32.9 Å². The Morgan fingerprint density at radius 2 is 2.12 bits per heavy atom. The van der Waals surface area contributed by atoms with Crippen molar-refractivity contribution in [2.24, 2.45) is 23.2 Å². The predicted octanol–water partition coefficient (Wildman–Crippen LogP) is 4.70. The van der Waals surface area contributed by atoms with Crippen LogP contribution < -0.4 is 0 Å². The summed E-state index contributed by atoms with van der Waals surface area (Å²) in [6.45, 7) is 18.6. The van der Waals surface area contributed by atoms with E-state index in [-0.39, 0.29) is 6.04 Å². The second kappa shape index (κ2) is 4.48. The van der Waals surface area contributed by atoms with Crippen molar-refractivity contribution in [3.05, 3.63) is 23.6 Å². The molecule has 1 unspecified atom stereocenters. The SMILES string of the molecule is [C-]#[N+][C@H](C(C)C)C1CC[C@@]2(C)CCCC(=C)[C@@H]12. The lowest BCUT2D eigenvalue weighted by molar-refractivity contribution is 0.163. The molecule has 0 aromatic carbocycles. The lowest BCUT2D eigenvalue weighted by atomic mass is 9.64. The first kappa shape index (κ1) is 12.7. The summed E-state index contributed by atoms with van der Waals surface area (Å²) in [6, 6.07) is 0.205. The number of hydrogen-bond donors (Lipinski definition) is 0. The molecule has 0 amide bonds. The third-order valence-corrected chi connectivity index (χ3v) is 5.18. The molecule has 0 radical (unpaired) electrons. The highest BCUT2D eigenvalue weighted by Crippen LogP contribution is 2.58. The molecule has 0 spiro atoms. The van der Waals surface area contributed by atoms with Gasteiger partial charge in [0.05, 0.1) is 0 Å². The molecule has 0 bridgehead atoms. The van der Waals surface area contributed by atoms with Crippen molar-refractivity contribution < 1.29 is 0 Å². The zero-order valence-electron chi connectivity index (χ0n) is 11.5. The van der Waals surface area contributed by atoms with Crippen LogP contribution in [0.3, 0.4) is 0 Å². The molecule has 2 rings (SSSR count). The lowest BCUT2D eigenvalue weighted by Crippen LogP contribution is -2.35. The molecular formula is C16H25N. The minimum Gasteiger partial charge on any atom is -0.313 e. The number of fused-ring (bicyclic) bond motifs is 1. The van der Waals surface area contributed by atoms with Crippen LogP contribution in [-0.4, -0.2) is 6.04 Å². The molecule has 1 nitrogen and oxygen atoms in total. The summed E-state index contributed by atoms with van der Waals surface area (Å²) in [5.74, 6) is 1.68. The Kier molecular flexibility index (Phi) is 3.34. The van der Waals surface area contributed by atoms with Crippen LogP contribution in [-0.2, 0) is 0 Å². The van der Waals surface area contributed by atoms with E-state index < -0.39 is 0 Å². The van der Waals surface area contributed by atoms with Gasteiger partial charge in [0.15, 0.2) is 0 Å². The molecule has 1 heteroatoms. The maximum Gasteiger partial charge on any atom is 0.229 e. The summed E-state index contributed by atoms with van der Waals surface area (Å²) in [4.78, 5) is 3.94. The van der Waals surface area contributed by atoms with E-state index in [1.807, 2.05) is 0 Å². The van der Waals surface area contributed by atoms with Crippen LogP contribution in [0.4, 0.5) is 0 Å². The molecule has 0 aliphatic heterocycles. The Morgan fingerprint density at radius 1 is 1.41 bits per heavy atom. The first-order valence-electron chi connectivity index (χ1n) is 7.04. The van der Waals surface area contributed by atoms with Gasteiger partial charge in [-0.25, -0.2) is 6.57 Å². The zero-order valence-corrected chi connectivity index (χ0v) is 11.5. The van der Waals surface area contributed by atoms with E-state index in [0.29, 0.717) is 23.2 Å². The normalized spacial score (nSPS) is 38.9. The van der Waals surface area contributed by atoms with E-state index in [4.69, 9.17) is 6.57 Å². The van der Waals surface area contributed by atoms with E-state index in [2.05, 4.69) is 32.2 Å². The van der Waals surface area contributed by atoms with Crippen LogP contribution in [0, 0.1) is 29.7 Å². The van der Waals surface area contributed by atoms with Crippen molar-refractivity contribution >= 4 is 0 Å². The Hall–Kier alpha value is -0.770. The molecule has 0 aromatic rings. The fourth-order valence-corrected chi connectivity index (χ4v) is 4.39. The van der Waals surface area contributed by atoms with E-state index in [0.717, 1.165) is 0 Å². The van der Waals surface area contributed by atoms with Gasteiger partial charge in [0.2, 0.25) is 6.04 Å². The van der Waals surface area contributed by atoms with Crippen molar-refractivity contribution in [1.29, 1.82) is 0 Å². The number of hydrogen-bond acceptors (Lipinski definition) is 0. The standard InChI is InChI=1S/C16H25N/c1-11(2)15(17-5)13-8-10-16(4)9-6-7-12(3)14(13)16/h11,13-15H,3,6-10H2,1-2,4H3/t13?,14-,15+,16+/m0/s1. The lowest BCUT2D eigenvalue weighted by Gasteiger charge is -2.40. The summed E-state index contributed by atoms with van der Waals surface area (Å²) in [5, 5.41) is 0. The molecule has 0 aromatic heterocycles. The van der Waals surface area contributed by atoms with Crippen molar-refractivity contribution in [3.63, 3.8) is 0 Å². The maximum absolute atomic E-state index is 7.49.